The van der Waals surface area contributed by atoms with Gasteiger partial charge in [-0.25, -0.2) is 0 Å². The summed E-state index contributed by atoms with van der Waals surface area (Å²) in [6, 6.07) is 16.4. The van der Waals surface area contributed by atoms with E-state index in [-0.39, 0.29) is 0 Å². The van der Waals surface area contributed by atoms with E-state index in [1.54, 1.807) is 0 Å². The van der Waals surface area contributed by atoms with Crippen molar-refractivity contribution < 1.29 is 9.47 Å². The SMILES string of the molecule is C=COc1ccc(CCCCCc2ccc(OC=C)cc2)cc1. The number of rotatable bonds is 10. The Labute approximate surface area is 139 Å². The molecule has 0 saturated carbocycles. The summed E-state index contributed by atoms with van der Waals surface area (Å²) in [6.07, 6.45) is 8.77. The Hall–Kier alpha value is -2.48. The second-order valence-corrected chi connectivity index (χ2v) is 5.42. The zero-order valence-corrected chi connectivity index (χ0v) is 13.5. The minimum Gasteiger partial charge on any atom is -0.466 e. The molecular weight excluding hydrogens is 284 g/mol. The van der Waals surface area contributed by atoms with Crippen molar-refractivity contribution in [2.45, 2.75) is 32.1 Å². The molecule has 2 nitrogen and oxygen atoms in total. The lowest BCUT2D eigenvalue weighted by atomic mass is 10.0. The smallest absolute Gasteiger partial charge is 0.126 e. The molecule has 0 unspecified atom stereocenters. The highest BCUT2D eigenvalue weighted by Crippen LogP contribution is 2.16. The minimum atomic E-state index is 0.840. The second kappa shape index (κ2) is 9.52. The fourth-order valence-corrected chi connectivity index (χ4v) is 2.50. The van der Waals surface area contributed by atoms with Crippen molar-refractivity contribution >= 4 is 0 Å². The average molecular weight is 308 g/mol. The van der Waals surface area contributed by atoms with Crippen LogP contribution in [0.2, 0.25) is 0 Å². The van der Waals surface area contributed by atoms with Crippen LogP contribution < -0.4 is 9.47 Å². The van der Waals surface area contributed by atoms with Crippen molar-refractivity contribution in [1.82, 2.24) is 0 Å². The lowest BCUT2D eigenvalue weighted by Gasteiger charge is -2.05. The molecule has 2 heteroatoms. The summed E-state index contributed by atoms with van der Waals surface area (Å²) in [4.78, 5) is 0. The first-order chi connectivity index (χ1) is 11.3. The van der Waals surface area contributed by atoms with E-state index in [0.29, 0.717) is 0 Å². The molecule has 0 N–H and O–H groups in total. The van der Waals surface area contributed by atoms with E-state index in [9.17, 15) is 0 Å². The maximum absolute atomic E-state index is 5.23. The fourth-order valence-electron chi connectivity index (χ4n) is 2.50. The van der Waals surface area contributed by atoms with E-state index in [2.05, 4.69) is 37.4 Å². The maximum atomic E-state index is 5.23. The van der Waals surface area contributed by atoms with Crippen LogP contribution in [-0.2, 0) is 12.8 Å². The van der Waals surface area contributed by atoms with Crippen LogP contribution in [0, 0.1) is 0 Å². The van der Waals surface area contributed by atoms with E-state index in [4.69, 9.17) is 9.47 Å². The Balaban J connectivity index is 1.65. The third kappa shape index (κ3) is 6.03. The summed E-state index contributed by atoms with van der Waals surface area (Å²) in [5.41, 5.74) is 2.71. The topological polar surface area (TPSA) is 18.5 Å². The first-order valence-corrected chi connectivity index (χ1v) is 8.05. The van der Waals surface area contributed by atoms with Crippen LogP contribution in [0.4, 0.5) is 0 Å². The zero-order chi connectivity index (χ0) is 16.3. The molecule has 0 radical (unpaired) electrons. The van der Waals surface area contributed by atoms with Gasteiger partial charge in [-0.3, -0.25) is 0 Å². The van der Waals surface area contributed by atoms with Gasteiger partial charge in [-0.2, -0.15) is 0 Å². The van der Waals surface area contributed by atoms with Gasteiger partial charge in [-0.05, 0) is 61.1 Å². The zero-order valence-electron chi connectivity index (χ0n) is 13.5. The molecule has 23 heavy (non-hydrogen) atoms. The number of unbranched alkanes of at least 4 members (excludes halogenated alkanes) is 2. The molecule has 2 aromatic carbocycles. The number of hydrogen-bond donors (Lipinski definition) is 0. The molecule has 0 bridgehead atoms. The number of benzene rings is 2. The summed E-state index contributed by atoms with van der Waals surface area (Å²) < 4.78 is 10.5. The summed E-state index contributed by atoms with van der Waals surface area (Å²) in [7, 11) is 0. The molecule has 120 valence electrons. The summed E-state index contributed by atoms with van der Waals surface area (Å²) in [5, 5.41) is 0. The molecule has 2 aromatic rings. The van der Waals surface area contributed by atoms with Gasteiger partial charge in [0.2, 0.25) is 0 Å². The Bertz CT molecular complexity index is 541. The Morgan fingerprint density at radius 3 is 1.35 bits per heavy atom. The predicted octanol–water partition coefficient (Wildman–Crippen LogP) is 5.69. The van der Waals surface area contributed by atoms with Crippen molar-refractivity contribution in [3.63, 3.8) is 0 Å². The van der Waals surface area contributed by atoms with Crippen LogP contribution in [0.25, 0.3) is 0 Å². The van der Waals surface area contributed by atoms with E-state index in [0.717, 1.165) is 24.3 Å². The average Bonchev–Trinajstić information content (AvgIpc) is 2.58. The molecule has 0 atom stereocenters. The van der Waals surface area contributed by atoms with Crippen LogP contribution in [0.5, 0.6) is 11.5 Å². The molecule has 0 heterocycles. The van der Waals surface area contributed by atoms with Gasteiger partial charge >= 0.3 is 0 Å². The van der Waals surface area contributed by atoms with Crippen LogP contribution in [0.3, 0.4) is 0 Å². The molecule has 0 amide bonds. The van der Waals surface area contributed by atoms with Crippen molar-refractivity contribution in [2.24, 2.45) is 0 Å². The van der Waals surface area contributed by atoms with E-state index in [1.165, 1.54) is 42.9 Å². The van der Waals surface area contributed by atoms with E-state index < -0.39 is 0 Å². The maximum Gasteiger partial charge on any atom is 0.126 e. The van der Waals surface area contributed by atoms with Crippen molar-refractivity contribution in [3.05, 3.63) is 85.3 Å². The molecule has 0 aliphatic rings. The first kappa shape index (κ1) is 16.9. The third-order valence-corrected chi connectivity index (χ3v) is 3.72. The summed E-state index contributed by atoms with van der Waals surface area (Å²) in [5.74, 6) is 1.68. The lowest BCUT2D eigenvalue weighted by Crippen LogP contribution is -1.90. The number of hydrogen-bond acceptors (Lipinski definition) is 2. The largest absolute Gasteiger partial charge is 0.466 e. The molecular formula is C21H24O2. The van der Waals surface area contributed by atoms with Crippen LogP contribution in [-0.4, -0.2) is 0 Å². The molecule has 0 saturated heterocycles. The minimum absolute atomic E-state index is 0.840. The van der Waals surface area contributed by atoms with Gasteiger partial charge in [-0.15, -0.1) is 0 Å². The van der Waals surface area contributed by atoms with Crippen molar-refractivity contribution in [1.29, 1.82) is 0 Å². The predicted molar refractivity (Wildman–Crippen MR) is 95.8 cm³/mol. The molecule has 0 spiro atoms. The van der Waals surface area contributed by atoms with Gasteiger partial charge in [0.1, 0.15) is 11.5 Å². The standard InChI is InChI=1S/C21H24O2/c1-3-22-20-14-10-18(11-15-20)8-6-5-7-9-19-12-16-21(17-13-19)23-4-2/h3-4,10-17H,1-2,5-9H2. The van der Waals surface area contributed by atoms with Gasteiger partial charge < -0.3 is 9.47 Å². The number of ether oxygens (including phenoxy) is 2. The highest BCUT2D eigenvalue weighted by molar-refractivity contribution is 5.28. The van der Waals surface area contributed by atoms with E-state index in [1.807, 2.05) is 24.3 Å². The number of aryl methyl sites for hydroxylation is 2. The normalized spacial score (nSPS) is 10.1. The monoisotopic (exact) mass is 308 g/mol. The second-order valence-electron chi connectivity index (χ2n) is 5.42. The first-order valence-electron chi connectivity index (χ1n) is 8.05. The van der Waals surface area contributed by atoms with Crippen LogP contribution >= 0.6 is 0 Å². The quantitative estimate of drug-likeness (QED) is 0.415. The Morgan fingerprint density at radius 1 is 0.609 bits per heavy atom. The van der Waals surface area contributed by atoms with Gasteiger partial charge in [0, 0.05) is 0 Å². The fraction of sp³-hybridized carbons (Fsp3) is 0.238. The lowest BCUT2D eigenvalue weighted by molar-refractivity contribution is 0.483. The molecule has 0 aliphatic carbocycles. The van der Waals surface area contributed by atoms with E-state index >= 15 is 0 Å². The highest BCUT2D eigenvalue weighted by atomic mass is 16.5. The van der Waals surface area contributed by atoms with Gasteiger partial charge in [-0.1, -0.05) is 43.8 Å². The van der Waals surface area contributed by atoms with Crippen LogP contribution in [0.1, 0.15) is 30.4 Å². The summed E-state index contributed by atoms with van der Waals surface area (Å²) in [6.45, 7) is 7.11. The van der Waals surface area contributed by atoms with Gasteiger partial charge in [0.25, 0.3) is 0 Å². The third-order valence-electron chi connectivity index (χ3n) is 3.72. The highest BCUT2D eigenvalue weighted by Gasteiger charge is 1.98. The molecule has 0 aliphatic heterocycles. The van der Waals surface area contributed by atoms with Crippen molar-refractivity contribution in [3.8, 4) is 11.5 Å². The van der Waals surface area contributed by atoms with Crippen molar-refractivity contribution in [2.75, 3.05) is 0 Å². The molecule has 2 rings (SSSR count). The molecule has 0 aromatic heterocycles. The Kier molecular flexibility index (Phi) is 6.99. The van der Waals surface area contributed by atoms with Gasteiger partial charge in [0.05, 0.1) is 12.5 Å². The van der Waals surface area contributed by atoms with Crippen LogP contribution in [0.15, 0.2) is 74.2 Å². The molecule has 0 fully saturated rings. The Morgan fingerprint density at radius 2 is 1.00 bits per heavy atom. The van der Waals surface area contributed by atoms with Gasteiger partial charge in [0.15, 0.2) is 0 Å². The summed E-state index contributed by atoms with van der Waals surface area (Å²) >= 11 is 0.